The van der Waals surface area contributed by atoms with Crippen LogP contribution in [0.25, 0.3) is 11.8 Å². The zero-order valence-corrected chi connectivity index (χ0v) is 10.6. The predicted molar refractivity (Wildman–Crippen MR) is 70.3 cm³/mol. The standard InChI is InChI=1S/C12H13FN6/c1-18(2)14-9-3-4-12-15-17-19(16-12)11-7-5-10(13)6-8-11/h3-9H,1-2H3/b4-3+,14-9+. The number of benzene rings is 1. The third kappa shape index (κ3) is 3.70. The van der Waals surface area contributed by atoms with Crippen molar-refractivity contribution in [3.05, 3.63) is 42.0 Å². The maximum atomic E-state index is 12.8. The Bertz CT molecular complexity index is 585. The van der Waals surface area contributed by atoms with Gasteiger partial charge in [-0.1, -0.05) is 0 Å². The Hall–Kier alpha value is -2.57. The zero-order valence-electron chi connectivity index (χ0n) is 10.6. The van der Waals surface area contributed by atoms with Crippen LogP contribution < -0.4 is 0 Å². The molecular formula is C12H13FN6. The first kappa shape index (κ1) is 12.9. The minimum Gasteiger partial charge on any atom is -0.303 e. The first-order valence-electron chi connectivity index (χ1n) is 5.59. The second-order valence-electron chi connectivity index (χ2n) is 3.88. The summed E-state index contributed by atoms with van der Waals surface area (Å²) in [5.74, 6) is 0.151. The van der Waals surface area contributed by atoms with Crippen molar-refractivity contribution in [3.8, 4) is 5.69 Å². The Morgan fingerprint density at radius 2 is 2.00 bits per heavy atom. The van der Waals surface area contributed by atoms with Gasteiger partial charge in [0.2, 0.25) is 0 Å². The summed E-state index contributed by atoms with van der Waals surface area (Å²) in [5, 5.41) is 17.6. The van der Waals surface area contributed by atoms with E-state index < -0.39 is 0 Å². The van der Waals surface area contributed by atoms with Crippen molar-refractivity contribution in [1.82, 2.24) is 25.2 Å². The molecule has 0 spiro atoms. The van der Waals surface area contributed by atoms with Crippen molar-refractivity contribution < 1.29 is 4.39 Å². The van der Waals surface area contributed by atoms with Crippen LogP contribution in [0.1, 0.15) is 5.82 Å². The summed E-state index contributed by atoms with van der Waals surface area (Å²) < 4.78 is 12.8. The number of rotatable bonds is 4. The monoisotopic (exact) mass is 260 g/mol. The fourth-order valence-corrected chi connectivity index (χ4v) is 1.28. The molecule has 1 heterocycles. The van der Waals surface area contributed by atoms with E-state index in [1.54, 1.807) is 35.5 Å². The fraction of sp³-hybridized carbons (Fsp3) is 0.167. The lowest BCUT2D eigenvalue weighted by Gasteiger charge is -1.99. The van der Waals surface area contributed by atoms with Gasteiger partial charge in [-0.15, -0.1) is 15.0 Å². The molecule has 1 aromatic carbocycles. The van der Waals surface area contributed by atoms with Crippen molar-refractivity contribution in [2.24, 2.45) is 5.10 Å². The number of aromatic nitrogens is 4. The van der Waals surface area contributed by atoms with Gasteiger partial charge in [0.1, 0.15) is 5.82 Å². The third-order valence-corrected chi connectivity index (χ3v) is 2.12. The largest absolute Gasteiger partial charge is 0.303 e. The van der Waals surface area contributed by atoms with E-state index in [4.69, 9.17) is 0 Å². The average molecular weight is 260 g/mol. The van der Waals surface area contributed by atoms with Gasteiger partial charge in [-0.05, 0) is 41.6 Å². The summed E-state index contributed by atoms with van der Waals surface area (Å²) in [7, 11) is 3.65. The Morgan fingerprint density at radius 3 is 2.68 bits per heavy atom. The minimum atomic E-state index is -0.302. The van der Waals surface area contributed by atoms with Gasteiger partial charge < -0.3 is 5.01 Å². The molecule has 2 aromatic rings. The number of hydrogen-bond acceptors (Lipinski definition) is 5. The lowest BCUT2D eigenvalue weighted by atomic mass is 10.3. The van der Waals surface area contributed by atoms with Crippen LogP contribution in [0.5, 0.6) is 0 Å². The maximum absolute atomic E-state index is 12.8. The summed E-state index contributed by atoms with van der Waals surface area (Å²) in [4.78, 5) is 1.34. The highest BCUT2D eigenvalue weighted by molar-refractivity contribution is 5.76. The lowest BCUT2D eigenvalue weighted by molar-refractivity contribution is 0.440. The molecule has 0 aliphatic carbocycles. The molecule has 0 amide bonds. The topological polar surface area (TPSA) is 59.2 Å². The molecule has 0 atom stereocenters. The van der Waals surface area contributed by atoms with Crippen molar-refractivity contribution in [1.29, 1.82) is 0 Å². The molecule has 19 heavy (non-hydrogen) atoms. The molecule has 0 saturated carbocycles. The van der Waals surface area contributed by atoms with Gasteiger partial charge in [0, 0.05) is 20.3 Å². The van der Waals surface area contributed by atoms with Gasteiger partial charge in [0.05, 0.1) is 5.69 Å². The number of hydrogen-bond donors (Lipinski definition) is 0. The van der Waals surface area contributed by atoms with E-state index in [2.05, 4.69) is 20.5 Å². The summed E-state index contributed by atoms with van der Waals surface area (Å²) >= 11 is 0. The fourth-order valence-electron chi connectivity index (χ4n) is 1.28. The van der Waals surface area contributed by atoms with Crippen LogP contribution in [0.3, 0.4) is 0 Å². The van der Waals surface area contributed by atoms with Crippen LogP contribution in [0.4, 0.5) is 4.39 Å². The summed E-state index contributed by atoms with van der Waals surface area (Å²) in [5.41, 5.74) is 0.649. The number of nitrogens with zero attached hydrogens (tertiary/aromatic N) is 6. The number of tetrazole rings is 1. The number of hydrazone groups is 1. The first-order valence-corrected chi connectivity index (χ1v) is 5.59. The molecular weight excluding hydrogens is 247 g/mol. The van der Waals surface area contributed by atoms with E-state index in [0.717, 1.165) is 0 Å². The average Bonchev–Trinajstić information content (AvgIpc) is 2.84. The van der Waals surface area contributed by atoms with E-state index in [1.165, 1.54) is 16.9 Å². The highest BCUT2D eigenvalue weighted by Crippen LogP contribution is 2.06. The second-order valence-corrected chi connectivity index (χ2v) is 3.88. The Balaban J connectivity index is 2.09. The molecule has 0 bridgehead atoms. The smallest absolute Gasteiger partial charge is 0.198 e. The minimum absolute atomic E-state index is 0.302. The van der Waals surface area contributed by atoms with Crippen molar-refractivity contribution in [2.45, 2.75) is 0 Å². The zero-order chi connectivity index (χ0) is 13.7. The molecule has 98 valence electrons. The van der Waals surface area contributed by atoms with E-state index in [1.807, 2.05) is 14.1 Å². The van der Waals surface area contributed by atoms with Gasteiger partial charge in [0.25, 0.3) is 0 Å². The molecule has 0 fully saturated rings. The van der Waals surface area contributed by atoms with E-state index in [-0.39, 0.29) is 5.82 Å². The van der Waals surface area contributed by atoms with Crippen LogP contribution in [-0.2, 0) is 0 Å². The molecule has 0 radical (unpaired) electrons. The first-order chi connectivity index (χ1) is 9.15. The van der Waals surface area contributed by atoms with Gasteiger partial charge in [-0.2, -0.15) is 5.10 Å². The van der Waals surface area contributed by atoms with Crippen LogP contribution in [0, 0.1) is 5.82 Å². The van der Waals surface area contributed by atoms with E-state index in [0.29, 0.717) is 11.5 Å². The molecule has 0 aliphatic rings. The molecule has 6 nitrogen and oxygen atoms in total. The molecule has 2 rings (SSSR count). The van der Waals surface area contributed by atoms with Crippen molar-refractivity contribution in [2.75, 3.05) is 14.1 Å². The third-order valence-electron chi connectivity index (χ3n) is 2.12. The maximum Gasteiger partial charge on any atom is 0.198 e. The summed E-state index contributed by atoms with van der Waals surface area (Å²) in [6, 6.07) is 5.85. The quantitative estimate of drug-likeness (QED) is 0.615. The molecule has 0 N–H and O–H groups in total. The molecule has 0 unspecified atom stereocenters. The number of allylic oxidation sites excluding steroid dienone is 1. The highest BCUT2D eigenvalue weighted by Gasteiger charge is 2.01. The van der Waals surface area contributed by atoms with Gasteiger partial charge in [-0.25, -0.2) is 4.39 Å². The molecule has 7 heteroatoms. The Morgan fingerprint density at radius 1 is 1.26 bits per heavy atom. The van der Waals surface area contributed by atoms with Crippen LogP contribution in [-0.4, -0.2) is 45.5 Å². The van der Waals surface area contributed by atoms with E-state index in [9.17, 15) is 4.39 Å². The normalized spacial score (nSPS) is 11.5. The van der Waals surface area contributed by atoms with Crippen LogP contribution >= 0.6 is 0 Å². The highest BCUT2D eigenvalue weighted by atomic mass is 19.1. The molecule has 1 aromatic heterocycles. The SMILES string of the molecule is CN(C)/N=C/C=C/c1nnn(-c2ccc(F)cc2)n1. The Kier molecular flexibility index (Phi) is 3.97. The van der Waals surface area contributed by atoms with Crippen LogP contribution in [0.2, 0.25) is 0 Å². The van der Waals surface area contributed by atoms with Crippen molar-refractivity contribution in [3.63, 3.8) is 0 Å². The molecule has 0 saturated heterocycles. The van der Waals surface area contributed by atoms with Gasteiger partial charge >= 0.3 is 0 Å². The second kappa shape index (κ2) is 5.85. The lowest BCUT2D eigenvalue weighted by Crippen LogP contribution is -2.00. The predicted octanol–water partition coefficient (Wildman–Crippen LogP) is 1.36. The molecule has 0 aliphatic heterocycles. The van der Waals surface area contributed by atoms with Crippen molar-refractivity contribution >= 4 is 12.3 Å². The number of halogens is 1. The van der Waals surface area contributed by atoms with Crippen LogP contribution in [0.15, 0.2) is 35.4 Å². The Labute approximate surface area is 109 Å². The summed E-state index contributed by atoms with van der Waals surface area (Å²) in [6.45, 7) is 0. The van der Waals surface area contributed by atoms with Gasteiger partial charge in [0.15, 0.2) is 5.82 Å². The van der Waals surface area contributed by atoms with Gasteiger partial charge in [-0.3, -0.25) is 0 Å². The summed E-state index contributed by atoms with van der Waals surface area (Å²) in [6.07, 6.45) is 5.02. The van der Waals surface area contributed by atoms with E-state index >= 15 is 0 Å².